The minimum atomic E-state index is -3.08. The number of carboxylic acid groups (broad SMARTS) is 1. The Kier molecular flexibility index (Phi) is 34.7. The van der Waals surface area contributed by atoms with Crippen LogP contribution in [0.15, 0.2) is 0 Å². The number of aliphatic hydroxyl groups is 26. The minimum Gasteiger partial charge on any atom is -0.477 e. The third-order valence-electron chi connectivity index (χ3n) is 21.3. The van der Waals surface area contributed by atoms with Crippen molar-refractivity contribution in [2.24, 2.45) is 0 Å². The molecule has 46 atom stereocenters. The number of carbonyl (C=O) groups is 5. The molecule has 9 aliphatic heterocycles. The number of ether oxygens (including phenoxy) is 17. The summed E-state index contributed by atoms with van der Waals surface area (Å²) in [7, 11) is 0. The van der Waals surface area contributed by atoms with E-state index in [1.54, 1.807) is 0 Å². The van der Waals surface area contributed by atoms with Gasteiger partial charge in [-0.3, -0.25) is 19.2 Å². The molecule has 0 aromatic heterocycles. The number of carbonyl (C=O) groups excluding carboxylic acids is 4. The molecule has 31 N–H and O–H groups in total. The largest absolute Gasteiger partial charge is 0.477 e. The van der Waals surface area contributed by atoms with Gasteiger partial charge in [-0.25, -0.2) is 4.79 Å². The first-order valence-electron chi connectivity index (χ1n) is 37.3. The number of amides is 4. The number of hydrogen-bond donors (Lipinski definition) is 31. The van der Waals surface area contributed by atoms with Crippen LogP contribution in [0.2, 0.25) is 0 Å². The highest BCUT2D eigenvalue weighted by atomic mass is 16.8. The van der Waals surface area contributed by atoms with E-state index in [2.05, 4.69) is 21.3 Å². The molecule has 118 heavy (non-hydrogen) atoms. The van der Waals surface area contributed by atoms with Gasteiger partial charge in [0.15, 0.2) is 50.3 Å². The number of rotatable bonds is 32. The van der Waals surface area contributed by atoms with E-state index in [0.29, 0.717) is 0 Å². The highest BCUT2D eigenvalue weighted by Crippen LogP contribution is 2.41. The molecule has 4 amide bonds. The summed E-state index contributed by atoms with van der Waals surface area (Å²) in [5.41, 5.74) is 0. The lowest BCUT2D eigenvalue weighted by Crippen LogP contribution is -2.70. The molecule has 9 rings (SSSR count). The van der Waals surface area contributed by atoms with Crippen molar-refractivity contribution in [1.29, 1.82) is 0 Å². The molecule has 9 saturated heterocycles. The summed E-state index contributed by atoms with van der Waals surface area (Å²) < 4.78 is 99.8. The van der Waals surface area contributed by atoms with Gasteiger partial charge in [0.25, 0.3) is 5.79 Å². The van der Waals surface area contributed by atoms with E-state index in [1.165, 1.54) is 0 Å². The Morgan fingerprint density at radius 1 is 0.347 bits per heavy atom. The van der Waals surface area contributed by atoms with Crippen molar-refractivity contribution < 1.29 is 242 Å². The van der Waals surface area contributed by atoms with Gasteiger partial charge >= 0.3 is 5.97 Å². The second kappa shape index (κ2) is 42.1. The Morgan fingerprint density at radius 2 is 0.686 bits per heavy atom. The first-order valence-corrected chi connectivity index (χ1v) is 37.3. The van der Waals surface area contributed by atoms with Crippen molar-refractivity contribution in [3.05, 3.63) is 0 Å². The molecular formula is C65H108N4O49. The standard InChI is InChI=1S/C65H108N4O49/c1-15(77)66-29-19(81)5-65(64(100)101,118-52(29)33(83)20(82)6-70)103-14-28-37(87)43(93)47(97)60(111-28)113-51-26(12-76)109-58(32(41(51)91)69-18(4)80)117-55-45(95)36(86)23(9-73)107-63(55)115-53-38(88)27(110-61(48(53)98)114-49-24(10-74)104-56(99)30(39(49)89)67-16(2)78)13-102-62-54(44(94)35(85)22(8-72)106-62)116-57-31(68-17(3)79)40(90)50(25(11-75)108-57)112-59-46(96)42(92)34(84)21(7-71)105-59/h19-63,70-76,81-99H,5-14H2,1-4H3,(H,66,77)(H,67,78)(H,68,79)(H,69,80)(H,100,101)/t19-,20+,21+,22+,23+,24+,25+,26+,27+,28+,29+,30+,31+,32+,33+,34-,35+,36+,37-,38+,39+,40+,41+,42-,43-,44-,45-,46+,47+,48-,49+,50+,51+,52+,53-,54-,55-,56?,57-,58-,59-,60-,61-,62-,63+,65+/m0/s1. The maximum atomic E-state index is 13.1. The van der Waals surface area contributed by atoms with E-state index in [9.17, 15) is 162 Å². The molecule has 9 fully saturated rings. The summed E-state index contributed by atoms with van der Waals surface area (Å²) in [5, 5.41) is 308. The van der Waals surface area contributed by atoms with Crippen LogP contribution in [0.1, 0.15) is 34.1 Å². The first kappa shape index (κ1) is 97.4. The van der Waals surface area contributed by atoms with Gasteiger partial charge in [0.05, 0.1) is 71.6 Å². The van der Waals surface area contributed by atoms with Crippen molar-refractivity contribution in [1.82, 2.24) is 21.3 Å². The molecule has 1 unspecified atom stereocenters. The van der Waals surface area contributed by atoms with Crippen LogP contribution >= 0.6 is 0 Å². The molecule has 0 bridgehead atoms. The Bertz CT molecular complexity index is 3210. The molecule has 0 aromatic carbocycles. The lowest BCUT2D eigenvalue weighted by atomic mass is 9.88. The monoisotopic (exact) mass is 1730 g/mol. The Hall–Kier alpha value is -4.37. The van der Waals surface area contributed by atoms with Crippen LogP contribution in [-0.2, 0) is 104 Å². The molecule has 0 radical (unpaired) electrons. The quantitative estimate of drug-likeness (QED) is 0.0297. The van der Waals surface area contributed by atoms with Crippen molar-refractivity contribution in [3.63, 3.8) is 0 Å². The number of carboxylic acids is 1. The van der Waals surface area contributed by atoms with Crippen molar-refractivity contribution in [2.75, 3.05) is 59.5 Å². The summed E-state index contributed by atoms with van der Waals surface area (Å²) in [5.74, 6) is -8.79. The zero-order chi connectivity index (χ0) is 87.3. The molecule has 0 saturated carbocycles. The van der Waals surface area contributed by atoms with Gasteiger partial charge in [0.1, 0.15) is 213 Å². The third kappa shape index (κ3) is 21.4. The average molecular weight is 1730 g/mol. The summed E-state index contributed by atoms with van der Waals surface area (Å²) in [6.07, 6.45) is -89.1. The molecule has 682 valence electrons. The van der Waals surface area contributed by atoms with E-state index in [-0.39, 0.29) is 0 Å². The van der Waals surface area contributed by atoms with Gasteiger partial charge in [-0.1, -0.05) is 0 Å². The molecule has 0 spiro atoms. The van der Waals surface area contributed by atoms with E-state index in [0.717, 1.165) is 27.7 Å². The Labute approximate surface area is 666 Å². The summed E-state index contributed by atoms with van der Waals surface area (Å²) in [6.45, 7) is -6.54. The number of aliphatic hydroxyl groups excluding tert-OH is 26. The lowest BCUT2D eigenvalue weighted by molar-refractivity contribution is -0.398. The average Bonchev–Trinajstić information content (AvgIpc) is 0.773. The third-order valence-corrected chi connectivity index (χ3v) is 21.3. The molecule has 9 aliphatic rings. The zero-order valence-corrected chi connectivity index (χ0v) is 63.1. The predicted molar refractivity (Wildman–Crippen MR) is 361 cm³/mol. The SMILES string of the molecule is CC(=O)N[C@H]1[C@H](O[C@@H]2[C@@H](OC[C@H]3O[C@@H](O[C@H]4[C@H](O)[C@@H](NC(C)=O)C(O)O[C@@H]4CO)[C@@H](O)[C@@H](O[C@H]4O[C@H](CO)[C@@H](O)[C@H](O)[C@@H]4O[C@@H]4O[C@H](CO)[C@@H](O[C@@H]5O[C@H](CO[C@]6(C(=O)O)C[C@H](O)[C@@H](NC(C)=O)[C@H]([C@H](O)[C@H](O)CO)O6)[C@H](O)[C@H](O)[C@H]5O)[C@H](O)[C@H]4NC(C)=O)[C@@H]3O)O[C@H](CO)[C@@H](O)[C@@H]2O)O[C@H](CO)[C@@H](O[C@@H]2O[C@H](CO)[C@H](O)[C@H](O)[C@H]2O)[C@@H]1O. The molecule has 53 heteroatoms. The van der Waals surface area contributed by atoms with Crippen LogP contribution in [0, 0.1) is 0 Å². The molecule has 9 heterocycles. The van der Waals surface area contributed by atoms with Gasteiger partial charge in [-0.2, -0.15) is 0 Å². The summed E-state index contributed by atoms with van der Waals surface area (Å²) in [6, 6.07) is -7.42. The number of aliphatic carboxylic acids is 1. The maximum Gasteiger partial charge on any atom is 0.364 e. The van der Waals surface area contributed by atoms with Crippen LogP contribution in [0.3, 0.4) is 0 Å². The van der Waals surface area contributed by atoms with E-state index in [1.807, 2.05) is 0 Å². The molecular weight excluding hydrogens is 1620 g/mol. The minimum absolute atomic E-state index is 0.839. The number of hydrogen-bond acceptors (Lipinski definition) is 48. The highest BCUT2D eigenvalue weighted by Gasteiger charge is 2.62. The van der Waals surface area contributed by atoms with Crippen LogP contribution in [0.5, 0.6) is 0 Å². The van der Waals surface area contributed by atoms with Gasteiger partial charge in [-0.05, 0) is 0 Å². The van der Waals surface area contributed by atoms with Crippen molar-refractivity contribution >= 4 is 29.6 Å². The first-order chi connectivity index (χ1) is 55.6. The Balaban J connectivity index is 0.993. The van der Waals surface area contributed by atoms with E-state index >= 15 is 0 Å². The van der Waals surface area contributed by atoms with Crippen molar-refractivity contribution in [2.45, 2.75) is 316 Å². The smallest absolute Gasteiger partial charge is 0.364 e. The van der Waals surface area contributed by atoms with Gasteiger partial charge in [0.2, 0.25) is 23.6 Å². The summed E-state index contributed by atoms with van der Waals surface area (Å²) >= 11 is 0. The lowest BCUT2D eigenvalue weighted by Gasteiger charge is -2.51. The fourth-order valence-electron chi connectivity index (χ4n) is 15.0. The fraction of sp³-hybridized carbons (Fsp3) is 0.923. The number of nitrogens with one attached hydrogen (secondary N) is 4. The second-order valence-electron chi connectivity index (χ2n) is 29.6. The van der Waals surface area contributed by atoms with Crippen LogP contribution in [0.25, 0.3) is 0 Å². The van der Waals surface area contributed by atoms with Crippen LogP contribution in [-0.4, -0.2) is 509 Å². The molecule has 0 aromatic rings. The van der Waals surface area contributed by atoms with Crippen LogP contribution in [0.4, 0.5) is 0 Å². The predicted octanol–water partition coefficient (Wildman–Crippen LogP) is -20.8. The van der Waals surface area contributed by atoms with Gasteiger partial charge in [-0.15, -0.1) is 0 Å². The molecule has 53 nitrogen and oxygen atoms in total. The van der Waals surface area contributed by atoms with Gasteiger partial charge < -0.3 is 240 Å². The van der Waals surface area contributed by atoms with Gasteiger partial charge in [0, 0.05) is 34.1 Å². The zero-order valence-electron chi connectivity index (χ0n) is 63.1. The van der Waals surface area contributed by atoms with E-state index < -0.39 is 377 Å². The molecule has 0 aliphatic carbocycles. The Morgan fingerprint density at radius 3 is 1.12 bits per heavy atom. The van der Waals surface area contributed by atoms with Crippen molar-refractivity contribution in [3.8, 4) is 0 Å². The highest BCUT2D eigenvalue weighted by molar-refractivity contribution is 5.77. The fourth-order valence-corrected chi connectivity index (χ4v) is 15.0. The van der Waals surface area contributed by atoms with Crippen LogP contribution < -0.4 is 21.3 Å². The topological polar surface area (TPSA) is 837 Å². The maximum absolute atomic E-state index is 13.1. The normalized spacial score (nSPS) is 47.6. The van der Waals surface area contributed by atoms with E-state index in [4.69, 9.17) is 80.5 Å². The summed E-state index contributed by atoms with van der Waals surface area (Å²) in [4.78, 5) is 63.4. The second-order valence-corrected chi connectivity index (χ2v) is 29.6.